The van der Waals surface area contributed by atoms with Crippen LogP contribution in [0, 0.1) is 0 Å². The van der Waals surface area contributed by atoms with E-state index in [2.05, 4.69) is 0 Å². The Labute approximate surface area is 72.4 Å². The first kappa shape index (κ1) is 8.20. The van der Waals surface area contributed by atoms with Crippen LogP contribution in [0.2, 0.25) is 10.1 Å². The Morgan fingerprint density at radius 2 is 2.22 bits per heavy atom. The van der Waals surface area contributed by atoms with E-state index in [0.29, 0.717) is 5.38 Å². The summed E-state index contributed by atoms with van der Waals surface area (Å²) in [6, 6.07) is 0. The Morgan fingerprint density at radius 1 is 1.44 bits per heavy atom. The van der Waals surface area contributed by atoms with Crippen LogP contribution in [0.3, 0.4) is 0 Å². The standard InChI is InChI=1S/C6H10Cl2Se/c7-3-6-2-1-5(8)4-9-6/h5-6H,1-4H2. The molecule has 0 amide bonds. The van der Waals surface area contributed by atoms with Crippen molar-refractivity contribution in [2.24, 2.45) is 0 Å². The molecule has 1 fully saturated rings. The third kappa shape index (κ3) is 2.67. The molecule has 3 heteroatoms. The van der Waals surface area contributed by atoms with Gasteiger partial charge in [-0.3, -0.25) is 0 Å². The van der Waals surface area contributed by atoms with Crippen molar-refractivity contribution in [1.82, 2.24) is 0 Å². The number of rotatable bonds is 1. The molecule has 0 spiro atoms. The predicted molar refractivity (Wildman–Crippen MR) is 43.9 cm³/mol. The summed E-state index contributed by atoms with van der Waals surface area (Å²) in [6.07, 6.45) is 2.44. The van der Waals surface area contributed by atoms with Crippen molar-refractivity contribution in [3.05, 3.63) is 0 Å². The molecule has 2 unspecified atom stereocenters. The third-order valence-electron chi connectivity index (χ3n) is 1.49. The second-order valence-corrected chi connectivity index (χ2v) is 6.01. The van der Waals surface area contributed by atoms with Gasteiger partial charge < -0.3 is 0 Å². The van der Waals surface area contributed by atoms with E-state index in [0.717, 1.165) is 25.7 Å². The molecule has 0 aromatic carbocycles. The Balaban J connectivity index is 2.18. The predicted octanol–water partition coefficient (Wildman–Crippen LogP) is 2.54. The Morgan fingerprint density at radius 3 is 2.67 bits per heavy atom. The molecule has 0 aromatic heterocycles. The fourth-order valence-electron chi connectivity index (χ4n) is 0.896. The van der Waals surface area contributed by atoms with E-state index in [-0.39, 0.29) is 0 Å². The van der Waals surface area contributed by atoms with Gasteiger partial charge in [-0.2, -0.15) is 0 Å². The molecule has 0 aromatic rings. The second-order valence-electron chi connectivity index (χ2n) is 2.28. The van der Waals surface area contributed by atoms with Crippen molar-refractivity contribution in [2.45, 2.75) is 28.4 Å². The summed E-state index contributed by atoms with van der Waals surface area (Å²) in [5, 5.41) is 1.69. The van der Waals surface area contributed by atoms with Crippen LogP contribution in [0.1, 0.15) is 12.8 Å². The summed E-state index contributed by atoms with van der Waals surface area (Å²) < 4.78 is 0. The number of hydrogen-bond acceptors (Lipinski definition) is 0. The summed E-state index contributed by atoms with van der Waals surface area (Å²) in [5.74, 6) is 0.851. The van der Waals surface area contributed by atoms with E-state index in [1.54, 1.807) is 0 Å². The van der Waals surface area contributed by atoms with Gasteiger partial charge in [0.25, 0.3) is 0 Å². The minimum atomic E-state index is 0.462. The van der Waals surface area contributed by atoms with Gasteiger partial charge in [-0.1, -0.05) is 0 Å². The van der Waals surface area contributed by atoms with E-state index < -0.39 is 0 Å². The Hall–Kier alpha value is 1.10. The van der Waals surface area contributed by atoms with Crippen LogP contribution in [0.25, 0.3) is 0 Å². The first-order valence-electron chi connectivity index (χ1n) is 3.14. The van der Waals surface area contributed by atoms with Crippen LogP contribution in [-0.4, -0.2) is 26.2 Å². The molecule has 0 aliphatic carbocycles. The molecule has 0 saturated carbocycles. The Kier molecular flexibility index (Phi) is 3.71. The second kappa shape index (κ2) is 4.08. The van der Waals surface area contributed by atoms with Crippen molar-refractivity contribution in [3.63, 3.8) is 0 Å². The molecule has 1 heterocycles. The molecular weight excluding hydrogens is 222 g/mol. The summed E-state index contributed by atoms with van der Waals surface area (Å²) in [6.45, 7) is 0. The van der Waals surface area contributed by atoms with E-state index in [4.69, 9.17) is 23.2 Å². The van der Waals surface area contributed by atoms with E-state index >= 15 is 0 Å². The summed E-state index contributed by atoms with van der Waals surface area (Å²) in [4.78, 5) is 0.814. The van der Waals surface area contributed by atoms with Gasteiger partial charge in [0.1, 0.15) is 0 Å². The Bertz CT molecular complexity index is 79.1. The molecular formula is C6H10Cl2Se. The van der Waals surface area contributed by atoms with Crippen LogP contribution >= 0.6 is 23.2 Å². The van der Waals surface area contributed by atoms with E-state index in [9.17, 15) is 0 Å². The number of hydrogen-bond donors (Lipinski definition) is 0. The van der Waals surface area contributed by atoms with Crippen LogP contribution in [0.15, 0.2) is 0 Å². The molecule has 9 heavy (non-hydrogen) atoms. The first-order valence-corrected chi connectivity index (χ1v) is 6.31. The summed E-state index contributed by atoms with van der Waals surface area (Å²) >= 11 is 12.3. The van der Waals surface area contributed by atoms with E-state index in [1.165, 1.54) is 18.2 Å². The fraction of sp³-hybridized carbons (Fsp3) is 1.00. The van der Waals surface area contributed by atoms with E-state index in [1.807, 2.05) is 0 Å². The molecule has 2 atom stereocenters. The summed E-state index contributed by atoms with van der Waals surface area (Å²) in [5.41, 5.74) is 0. The molecule has 1 aliphatic rings. The average molecular weight is 232 g/mol. The molecule has 0 nitrogen and oxygen atoms in total. The molecule has 54 valence electrons. The zero-order chi connectivity index (χ0) is 6.69. The van der Waals surface area contributed by atoms with Gasteiger partial charge in [-0.25, -0.2) is 0 Å². The average Bonchev–Trinajstić information content (AvgIpc) is 1.90. The SMILES string of the molecule is ClCC1CCC(Cl)C[Se]1. The van der Waals surface area contributed by atoms with Gasteiger partial charge in [-0.05, 0) is 0 Å². The maximum absolute atomic E-state index is 5.91. The molecule has 0 bridgehead atoms. The van der Waals surface area contributed by atoms with Crippen molar-refractivity contribution >= 4 is 38.2 Å². The summed E-state index contributed by atoms with van der Waals surface area (Å²) in [7, 11) is 0. The number of halogens is 2. The van der Waals surface area contributed by atoms with Crippen molar-refractivity contribution in [1.29, 1.82) is 0 Å². The van der Waals surface area contributed by atoms with Crippen LogP contribution in [0.5, 0.6) is 0 Å². The topological polar surface area (TPSA) is 0 Å². The van der Waals surface area contributed by atoms with Gasteiger partial charge in [0.2, 0.25) is 0 Å². The van der Waals surface area contributed by atoms with Crippen molar-refractivity contribution < 1.29 is 0 Å². The quantitative estimate of drug-likeness (QED) is 0.481. The normalized spacial score (nSPS) is 36.7. The fourth-order valence-corrected chi connectivity index (χ4v) is 4.20. The molecule has 1 rings (SSSR count). The molecule has 1 saturated heterocycles. The number of alkyl halides is 2. The molecule has 0 radical (unpaired) electrons. The minimum absolute atomic E-state index is 0.462. The van der Waals surface area contributed by atoms with Gasteiger partial charge >= 0.3 is 72.4 Å². The molecule has 1 aliphatic heterocycles. The van der Waals surface area contributed by atoms with Gasteiger partial charge in [-0.15, -0.1) is 0 Å². The monoisotopic (exact) mass is 232 g/mol. The van der Waals surface area contributed by atoms with Crippen molar-refractivity contribution in [3.8, 4) is 0 Å². The zero-order valence-corrected chi connectivity index (χ0v) is 8.37. The maximum atomic E-state index is 5.91. The van der Waals surface area contributed by atoms with Gasteiger partial charge in [0, 0.05) is 0 Å². The third-order valence-corrected chi connectivity index (χ3v) is 6.14. The van der Waals surface area contributed by atoms with Crippen LogP contribution in [-0.2, 0) is 0 Å². The van der Waals surface area contributed by atoms with Crippen LogP contribution < -0.4 is 0 Å². The van der Waals surface area contributed by atoms with Gasteiger partial charge in [0.15, 0.2) is 0 Å². The van der Waals surface area contributed by atoms with Crippen LogP contribution in [0.4, 0.5) is 0 Å². The molecule has 0 N–H and O–H groups in total. The first-order chi connectivity index (χ1) is 4.33. The van der Waals surface area contributed by atoms with Crippen molar-refractivity contribution in [2.75, 3.05) is 5.88 Å². The van der Waals surface area contributed by atoms with Gasteiger partial charge in [0.05, 0.1) is 0 Å². The zero-order valence-electron chi connectivity index (χ0n) is 5.15.